The van der Waals surface area contributed by atoms with Crippen molar-refractivity contribution in [2.45, 2.75) is 13.0 Å². The molecular weight excluding hydrogens is 392 g/mol. The smallest absolute Gasteiger partial charge is 0.331 e. The Balaban J connectivity index is 1.82. The van der Waals surface area contributed by atoms with Crippen molar-refractivity contribution in [3.63, 3.8) is 0 Å². The topological polar surface area (TPSA) is 65.0 Å². The molecule has 0 heterocycles. The maximum atomic E-state index is 11.3. The van der Waals surface area contributed by atoms with Crippen LogP contribution < -0.4 is 9.47 Å². The van der Waals surface area contributed by atoms with Gasteiger partial charge in [0, 0.05) is 24.7 Å². The fraction of sp³-hybridized carbons (Fsp3) is 0.192. The third kappa shape index (κ3) is 6.20. The van der Waals surface area contributed by atoms with Crippen LogP contribution >= 0.6 is 0 Å². The van der Waals surface area contributed by atoms with Gasteiger partial charge in [0.2, 0.25) is 0 Å². The van der Waals surface area contributed by atoms with Crippen molar-refractivity contribution in [3.05, 3.63) is 96.1 Å². The molecule has 0 aliphatic carbocycles. The molecule has 3 aromatic rings. The fourth-order valence-electron chi connectivity index (χ4n) is 3.13. The van der Waals surface area contributed by atoms with Crippen LogP contribution in [0.25, 0.3) is 11.1 Å². The fourth-order valence-corrected chi connectivity index (χ4v) is 3.13. The number of carboxylic acid groups (broad SMARTS) is 1. The van der Waals surface area contributed by atoms with E-state index < -0.39 is 5.97 Å². The summed E-state index contributed by atoms with van der Waals surface area (Å²) in [6, 6.07) is 23.5. The third-order valence-corrected chi connectivity index (χ3v) is 4.75. The number of carbonyl (C=O) groups is 1. The Morgan fingerprint density at radius 1 is 0.903 bits per heavy atom. The SMILES string of the molecule is C=C(Cc1cccc(-c2ccc(OCc3ccccc3)cc2)c1OCCOC)C(=O)O. The van der Waals surface area contributed by atoms with E-state index in [1.807, 2.05) is 72.8 Å². The zero-order valence-corrected chi connectivity index (χ0v) is 17.5. The lowest BCUT2D eigenvalue weighted by atomic mass is 9.97. The molecule has 0 aliphatic heterocycles. The highest BCUT2D eigenvalue weighted by Crippen LogP contribution is 2.35. The number of para-hydroxylation sites is 1. The van der Waals surface area contributed by atoms with Crippen LogP contribution in [-0.2, 0) is 22.6 Å². The highest BCUT2D eigenvalue weighted by Gasteiger charge is 2.15. The summed E-state index contributed by atoms with van der Waals surface area (Å²) in [5, 5.41) is 9.22. The van der Waals surface area contributed by atoms with Gasteiger partial charge in [-0.25, -0.2) is 4.79 Å². The first-order valence-electron chi connectivity index (χ1n) is 10.0. The van der Waals surface area contributed by atoms with Gasteiger partial charge in [-0.1, -0.05) is 67.2 Å². The minimum absolute atomic E-state index is 0.110. The first kappa shape index (κ1) is 22.1. The molecule has 0 aromatic heterocycles. The molecule has 0 bridgehead atoms. The maximum absolute atomic E-state index is 11.3. The van der Waals surface area contributed by atoms with Crippen LogP contribution in [0, 0.1) is 0 Å². The number of ether oxygens (including phenoxy) is 3. The lowest BCUT2D eigenvalue weighted by Crippen LogP contribution is -2.09. The van der Waals surface area contributed by atoms with Gasteiger partial charge >= 0.3 is 5.97 Å². The molecule has 5 heteroatoms. The molecule has 0 saturated carbocycles. The Morgan fingerprint density at radius 3 is 2.32 bits per heavy atom. The molecule has 0 unspecified atom stereocenters. The number of hydrogen-bond acceptors (Lipinski definition) is 4. The van der Waals surface area contributed by atoms with Crippen molar-refractivity contribution in [2.24, 2.45) is 0 Å². The van der Waals surface area contributed by atoms with E-state index in [4.69, 9.17) is 14.2 Å². The zero-order valence-electron chi connectivity index (χ0n) is 17.5. The van der Waals surface area contributed by atoms with Crippen LogP contribution in [0.5, 0.6) is 11.5 Å². The molecule has 0 aliphatic rings. The van der Waals surface area contributed by atoms with Crippen LogP contribution in [0.3, 0.4) is 0 Å². The summed E-state index contributed by atoms with van der Waals surface area (Å²) in [5.41, 5.74) is 3.80. The summed E-state index contributed by atoms with van der Waals surface area (Å²) < 4.78 is 17.0. The van der Waals surface area contributed by atoms with Gasteiger partial charge in [-0.15, -0.1) is 0 Å². The van der Waals surface area contributed by atoms with E-state index in [0.29, 0.717) is 25.6 Å². The number of benzene rings is 3. The van der Waals surface area contributed by atoms with Gasteiger partial charge in [-0.2, -0.15) is 0 Å². The van der Waals surface area contributed by atoms with Gasteiger partial charge in [0.25, 0.3) is 0 Å². The molecule has 1 N–H and O–H groups in total. The van der Waals surface area contributed by atoms with E-state index in [0.717, 1.165) is 28.0 Å². The van der Waals surface area contributed by atoms with Crippen molar-refractivity contribution >= 4 is 5.97 Å². The van der Waals surface area contributed by atoms with Gasteiger partial charge in [-0.3, -0.25) is 0 Å². The molecule has 31 heavy (non-hydrogen) atoms. The van der Waals surface area contributed by atoms with E-state index in [2.05, 4.69) is 6.58 Å². The van der Waals surface area contributed by atoms with Crippen molar-refractivity contribution < 1.29 is 24.1 Å². The minimum atomic E-state index is -1.02. The van der Waals surface area contributed by atoms with Crippen LogP contribution in [0.1, 0.15) is 11.1 Å². The van der Waals surface area contributed by atoms with E-state index in [-0.39, 0.29) is 12.0 Å². The normalized spacial score (nSPS) is 10.5. The number of methoxy groups -OCH3 is 1. The van der Waals surface area contributed by atoms with Gasteiger partial charge in [0.15, 0.2) is 0 Å². The molecule has 3 aromatic carbocycles. The van der Waals surface area contributed by atoms with Crippen LogP contribution in [0.15, 0.2) is 84.9 Å². The lowest BCUT2D eigenvalue weighted by Gasteiger charge is -2.17. The minimum Gasteiger partial charge on any atom is -0.490 e. The van der Waals surface area contributed by atoms with Gasteiger partial charge in [-0.05, 0) is 28.8 Å². The molecule has 0 fully saturated rings. The second kappa shape index (κ2) is 11.0. The predicted octanol–water partition coefficient (Wildman–Crippen LogP) is 5.14. The molecule has 0 spiro atoms. The summed E-state index contributed by atoms with van der Waals surface area (Å²) in [6.07, 6.45) is 0.198. The summed E-state index contributed by atoms with van der Waals surface area (Å²) in [6.45, 7) is 4.94. The van der Waals surface area contributed by atoms with E-state index in [1.165, 1.54) is 0 Å². The van der Waals surface area contributed by atoms with Crippen LogP contribution in [-0.4, -0.2) is 31.4 Å². The standard InChI is InChI=1S/C26H26O5/c1-19(26(27)28)17-22-9-6-10-24(25(22)30-16-15-29-2)21-11-13-23(14-12-21)31-18-20-7-4-3-5-8-20/h3-14H,1,15-18H2,2H3,(H,27,28). The summed E-state index contributed by atoms with van der Waals surface area (Å²) in [4.78, 5) is 11.3. The van der Waals surface area contributed by atoms with Crippen LogP contribution in [0.4, 0.5) is 0 Å². The number of rotatable bonds is 11. The van der Waals surface area contributed by atoms with E-state index in [9.17, 15) is 9.90 Å². The summed E-state index contributed by atoms with van der Waals surface area (Å²) in [7, 11) is 1.61. The molecule has 0 amide bonds. The van der Waals surface area contributed by atoms with Crippen molar-refractivity contribution in [3.8, 4) is 22.6 Å². The molecule has 3 rings (SSSR count). The molecule has 0 saturated heterocycles. The van der Waals surface area contributed by atoms with E-state index >= 15 is 0 Å². The quantitative estimate of drug-likeness (QED) is 0.345. The van der Waals surface area contributed by atoms with Gasteiger partial charge < -0.3 is 19.3 Å². The lowest BCUT2D eigenvalue weighted by molar-refractivity contribution is -0.132. The average molecular weight is 418 g/mol. The first-order chi connectivity index (χ1) is 15.1. The third-order valence-electron chi connectivity index (χ3n) is 4.75. The summed E-state index contributed by atoms with van der Waals surface area (Å²) in [5.74, 6) is 0.387. The Morgan fingerprint density at radius 2 is 1.65 bits per heavy atom. The van der Waals surface area contributed by atoms with Crippen molar-refractivity contribution in [1.29, 1.82) is 0 Å². The van der Waals surface area contributed by atoms with Gasteiger partial charge in [0.1, 0.15) is 24.7 Å². The highest BCUT2D eigenvalue weighted by atomic mass is 16.5. The number of carboxylic acids is 1. The Labute approximate surface area is 182 Å². The Hall–Kier alpha value is -3.57. The molecule has 160 valence electrons. The summed E-state index contributed by atoms with van der Waals surface area (Å²) >= 11 is 0. The largest absolute Gasteiger partial charge is 0.490 e. The number of hydrogen-bond donors (Lipinski definition) is 1. The Kier molecular flexibility index (Phi) is 7.85. The van der Waals surface area contributed by atoms with Crippen molar-refractivity contribution in [2.75, 3.05) is 20.3 Å². The monoisotopic (exact) mass is 418 g/mol. The van der Waals surface area contributed by atoms with Gasteiger partial charge in [0.05, 0.1) is 6.61 Å². The van der Waals surface area contributed by atoms with Crippen molar-refractivity contribution in [1.82, 2.24) is 0 Å². The average Bonchev–Trinajstić information content (AvgIpc) is 2.79. The first-order valence-corrected chi connectivity index (χ1v) is 10.0. The maximum Gasteiger partial charge on any atom is 0.331 e. The second-order valence-corrected chi connectivity index (χ2v) is 7.02. The zero-order chi connectivity index (χ0) is 22.1. The Bertz CT molecular complexity index is 1010. The molecule has 5 nitrogen and oxygen atoms in total. The predicted molar refractivity (Wildman–Crippen MR) is 121 cm³/mol. The van der Waals surface area contributed by atoms with E-state index in [1.54, 1.807) is 7.11 Å². The molecule has 0 radical (unpaired) electrons. The molecular formula is C26H26O5. The second-order valence-electron chi connectivity index (χ2n) is 7.02. The molecule has 0 atom stereocenters. The van der Waals surface area contributed by atoms with Crippen LogP contribution in [0.2, 0.25) is 0 Å². The number of aliphatic carboxylic acids is 1. The highest BCUT2D eigenvalue weighted by molar-refractivity contribution is 5.86.